The summed E-state index contributed by atoms with van der Waals surface area (Å²) >= 11 is 0. The van der Waals surface area contributed by atoms with E-state index in [9.17, 15) is 0 Å². The van der Waals surface area contributed by atoms with Gasteiger partial charge in [-0.1, -0.05) is 26.0 Å². The Balaban J connectivity index is 2.79. The van der Waals surface area contributed by atoms with Gasteiger partial charge in [0.2, 0.25) is 0 Å². The second-order valence-electron chi connectivity index (χ2n) is 6.62. The number of rotatable bonds is 7. The molecule has 0 saturated heterocycles. The van der Waals surface area contributed by atoms with Crippen LogP contribution in [0.5, 0.6) is 5.75 Å². The van der Waals surface area contributed by atoms with Gasteiger partial charge in [-0.05, 0) is 44.4 Å². The number of ether oxygens (including phenoxy) is 2. The molecule has 0 spiro atoms. The Bertz CT molecular complexity index is 396. The first-order chi connectivity index (χ1) is 9.31. The lowest BCUT2D eigenvalue weighted by molar-refractivity contribution is 0.0314. The Hall–Kier alpha value is -1.06. The van der Waals surface area contributed by atoms with Crippen LogP contribution in [-0.4, -0.2) is 25.8 Å². The average molecular weight is 279 g/mol. The summed E-state index contributed by atoms with van der Waals surface area (Å²) in [6.07, 6.45) is 0.0479. The Morgan fingerprint density at radius 2 is 1.90 bits per heavy atom. The number of nitrogens with one attached hydrogen (secondary N) is 1. The first kappa shape index (κ1) is 17.0. The topological polar surface area (TPSA) is 30.5 Å². The van der Waals surface area contributed by atoms with Crippen LogP contribution in [0.25, 0.3) is 0 Å². The summed E-state index contributed by atoms with van der Waals surface area (Å²) in [5, 5.41) is 3.52. The van der Waals surface area contributed by atoms with E-state index >= 15 is 0 Å². The molecule has 1 aromatic carbocycles. The predicted molar refractivity (Wildman–Crippen MR) is 84.3 cm³/mol. The fraction of sp³-hybridized carbons (Fsp3) is 0.647. The molecule has 0 bridgehead atoms. The van der Waals surface area contributed by atoms with Gasteiger partial charge in [-0.25, -0.2) is 0 Å². The van der Waals surface area contributed by atoms with E-state index in [0.29, 0.717) is 5.92 Å². The summed E-state index contributed by atoms with van der Waals surface area (Å²) in [5.41, 5.74) is 1.24. The van der Waals surface area contributed by atoms with Crippen LogP contribution >= 0.6 is 0 Å². The minimum atomic E-state index is 0.0479. The molecule has 0 aliphatic heterocycles. The van der Waals surface area contributed by atoms with Crippen molar-refractivity contribution in [1.82, 2.24) is 5.32 Å². The molecule has 1 aromatic rings. The summed E-state index contributed by atoms with van der Waals surface area (Å²) in [6.45, 7) is 12.4. The quantitative estimate of drug-likeness (QED) is 0.823. The number of benzene rings is 1. The molecule has 3 nitrogen and oxygen atoms in total. The highest BCUT2D eigenvalue weighted by molar-refractivity contribution is 5.30. The third-order valence-electron chi connectivity index (χ3n) is 2.91. The highest BCUT2D eigenvalue weighted by Crippen LogP contribution is 2.23. The fourth-order valence-corrected chi connectivity index (χ4v) is 1.82. The molecule has 0 aliphatic rings. The zero-order chi connectivity index (χ0) is 15.2. The SMILES string of the molecule is COc1cccc(C(CNC(C)(C)C)OCC(C)C)c1. The average Bonchev–Trinajstić information content (AvgIpc) is 2.37. The van der Waals surface area contributed by atoms with Crippen LogP contribution in [-0.2, 0) is 4.74 Å². The van der Waals surface area contributed by atoms with Crippen molar-refractivity contribution in [2.45, 2.75) is 46.3 Å². The highest BCUT2D eigenvalue weighted by Gasteiger charge is 2.17. The second-order valence-corrected chi connectivity index (χ2v) is 6.62. The van der Waals surface area contributed by atoms with Crippen LogP contribution in [0.1, 0.15) is 46.3 Å². The van der Waals surface area contributed by atoms with Gasteiger partial charge in [-0.15, -0.1) is 0 Å². The lowest BCUT2D eigenvalue weighted by atomic mass is 10.1. The summed E-state index contributed by atoms with van der Waals surface area (Å²) in [6, 6.07) is 8.12. The lowest BCUT2D eigenvalue weighted by Crippen LogP contribution is -2.39. The van der Waals surface area contributed by atoms with E-state index < -0.39 is 0 Å². The second kappa shape index (κ2) is 7.65. The van der Waals surface area contributed by atoms with Crippen molar-refractivity contribution < 1.29 is 9.47 Å². The Labute approximate surface area is 123 Å². The van der Waals surface area contributed by atoms with E-state index in [0.717, 1.165) is 24.5 Å². The first-order valence-corrected chi connectivity index (χ1v) is 7.32. The lowest BCUT2D eigenvalue weighted by Gasteiger charge is -2.26. The van der Waals surface area contributed by atoms with Crippen molar-refractivity contribution >= 4 is 0 Å². The molecular weight excluding hydrogens is 250 g/mol. The predicted octanol–water partition coefficient (Wildman–Crippen LogP) is 3.80. The molecule has 1 unspecified atom stereocenters. The third-order valence-corrected chi connectivity index (χ3v) is 2.91. The van der Waals surface area contributed by atoms with E-state index in [1.54, 1.807) is 7.11 Å². The Kier molecular flexibility index (Phi) is 6.50. The monoisotopic (exact) mass is 279 g/mol. The van der Waals surface area contributed by atoms with Gasteiger partial charge in [0.25, 0.3) is 0 Å². The molecule has 3 heteroatoms. The van der Waals surface area contributed by atoms with Gasteiger partial charge in [0, 0.05) is 18.7 Å². The van der Waals surface area contributed by atoms with Gasteiger partial charge in [0.1, 0.15) is 5.75 Å². The zero-order valence-electron chi connectivity index (χ0n) is 13.7. The van der Waals surface area contributed by atoms with Crippen LogP contribution < -0.4 is 10.1 Å². The molecule has 0 saturated carbocycles. The van der Waals surface area contributed by atoms with Crippen molar-refractivity contribution in [2.24, 2.45) is 5.92 Å². The van der Waals surface area contributed by atoms with Crippen LogP contribution in [0.15, 0.2) is 24.3 Å². The zero-order valence-corrected chi connectivity index (χ0v) is 13.7. The normalized spacial score (nSPS) is 13.6. The Morgan fingerprint density at radius 1 is 1.20 bits per heavy atom. The molecule has 1 atom stereocenters. The molecule has 1 N–H and O–H groups in total. The first-order valence-electron chi connectivity index (χ1n) is 7.32. The van der Waals surface area contributed by atoms with Gasteiger partial charge >= 0.3 is 0 Å². The smallest absolute Gasteiger partial charge is 0.119 e. The van der Waals surface area contributed by atoms with Gasteiger partial charge in [-0.2, -0.15) is 0 Å². The van der Waals surface area contributed by atoms with Gasteiger partial charge in [0.05, 0.1) is 13.2 Å². The van der Waals surface area contributed by atoms with Crippen molar-refractivity contribution in [3.05, 3.63) is 29.8 Å². The largest absolute Gasteiger partial charge is 0.497 e. The maximum absolute atomic E-state index is 6.07. The van der Waals surface area contributed by atoms with Crippen molar-refractivity contribution in [2.75, 3.05) is 20.3 Å². The van der Waals surface area contributed by atoms with Crippen molar-refractivity contribution in [3.63, 3.8) is 0 Å². The molecule has 0 amide bonds. The van der Waals surface area contributed by atoms with Crippen LogP contribution in [0.3, 0.4) is 0 Å². The van der Waals surface area contributed by atoms with Gasteiger partial charge in [0.15, 0.2) is 0 Å². The molecule has 0 aliphatic carbocycles. The van der Waals surface area contributed by atoms with E-state index in [-0.39, 0.29) is 11.6 Å². The summed E-state index contributed by atoms with van der Waals surface area (Å²) in [5.74, 6) is 1.40. The highest BCUT2D eigenvalue weighted by atomic mass is 16.5. The van der Waals surface area contributed by atoms with Gasteiger partial charge < -0.3 is 14.8 Å². The van der Waals surface area contributed by atoms with Gasteiger partial charge in [-0.3, -0.25) is 0 Å². The molecule has 0 radical (unpaired) electrons. The van der Waals surface area contributed by atoms with E-state index in [2.05, 4.69) is 52.1 Å². The van der Waals surface area contributed by atoms with Crippen molar-refractivity contribution in [1.29, 1.82) is 0 Å². The summed E-state index contributed by atoms with van der Waals surface area (Å²) < 4.78 is 11.4. The number of hydrogen-bond acceptors (Lipinski definition) is 3. The third kappa shape index (κ3) is 6.40. The summed E-state index contributed by atoms with van der Waals surface area (Å²) in [7, 11) is 1.69. The van der Waals surface area contributed by atoms with E-state index in [1.807, 2.05) is 12.1 Å². The Morgan fingerprint density at radius 3 is 2.45 bits per heavy atom. The maximum atomic E-state index is 6.07. The molecule has 20 heavy (non-hydrogen) atoms. The number of methoxy groups -OCH3 is 1. The molecule has 0 fully saturated rings. The minimum absolute atomic E-state index is 0.0479. The fourth-order valence-electron chi connectivity index (χ4n) is 1.82. The van der Waals surface area contributed by atoms with Crippen LogP contribution in [0.4, 0.5) is 0 Å². The maximum Gasteiger partial charge on any atom is 0.119 e. The molecule has 114 valence electrons. The number of hydrogen-bond donors (Lipinski definition) is 1. The molecule has 0 aromatic heterocycles. The van der Waals surface area contributed by atoms with E-state index in [4.69, 9.17) is 9.47 Å². The van der Waals surface area contributed by atoms with Crippen molar-refractivity contribution in [3.8, 4) is 5.75 Å². The molecular formula is C17H29NO2. The summed E-state index contributed by atoms with van der Waals surface area (Å²) in [4.78, 5) is 0. The standard InChI is InChI=1S/C17H29NO2/c1-13(2)12-20-16(11-18-17(3,4)5)14-8-7-9-15(10-14)19-6/h7-10,13,16,18H,11-12H2,1-6H3. The van der Waals surface area contributed by atoms with E-state index in [1.165, 1.54) is 0 Å². The van der Waals surface area contributed by atoms with Crippen LogP contribution in [0.2, 0.25) is 0 Å². The molecule has 1 rings (SSSR count). The molecule has 0 heterocycles. The minimum Gasteiger partial charge on any atom is -0.497 e. The van der Waals surface area contributed by atoms with Crippen LogP contribution in [0, 0.1) is 5.92 Å².